The number of carbonyl (C=O) groups excluding carboxylic acids is 3. The molecule has 0 aromatic rings. The number of ether oxygens (including phenoxy) is 2. The summed E-state index contributed by atoms with van der Waals surface area (Å²) < 4.78 is 11.8. The molecule has 0 aliphatic carbocycles. The average Bonchev–Trinajstić information content (AvgIpc) is 3.31. The van der Waals surface area contributed by atoms with Crippen LogP contribution in [0.25, 0.3) is 0 Å². The summed E-state index contributed by atoms with van der Waals surface area (Å²) in [6, 6.07) is -1.40. The van der Waals surface area contributed by atoms with Crippen LogP contribution in [0.4, 0.5) is 0 Å². The fraction of sp³-hybridized carbons (Fsp3) is 0.857. The van der Waals surface area contributed by atoms with Crippen LogP contribution in [-0.4, -0.2) is 70.8 Å². The number of hydrogen-bond donors (Lipinski definition) is 2. The van der Waals surface area contributed by atoms with Crippen molar-refractivity contribution >= 4 is 17.8 Å². The number of amides is 2. The highest BCUT2D eigenvalue weighted by molar-refractivity contribution is 5.98. The van der Waals surface area contributed by atoms with Gasteiger partial charge in [-0.1, -0.05) is 20.3 Å². The second-order valence-corrected chi connectivity index (χ2v) is 8.51. The molecular formula is C21H34N2O6. The van der Waals surface area contributed by atoms with Crippen molar-refractivity contribution < 1.29 is 29.0 Å². The number of unbranched alkanes of at least 4 members (excludes halogenated alkanes) is 1. The van der Waals surface area contributed by atoms with E-state index in [1.165, 1.54) is 4.90 Å². The summed E-state index contributed by atoms with van der Waals surface area (Å²) in [5.74, 6) is -2.49. The van der Waals surface area contributed by atoms with E-state index in [-0.39, 0.29) is 25.0 Å². The van der Waals surface area contributed by atoms with Crippen molar-refractivity contribution in [2.75, 3.05) is 19.8 Å². The second kappa shape index (κ2) is 8.22. The number of fused-ring (bicyclic) bond motifs is 1. The van der Waals surface area contributed by atoms with E-state index in [2.05, 4.69) is 5.32 Å². The lowest BCUT2D eigenvalue weighted by molar-refractivity contribution is -0.161. The van der Waals surface area contributed by atoms with Gasteiger partial charge < -0.3 is 24.8 Å². The number of rotatable bonds is 9. The molecule has 0 radical (unpaired) electrons. The third-order valence-corrected chi connectivity index (χ3v) is 6.98. The van der Waals surface area contributed by atoms with Gasteiger partial charge in [0.05, 0.1) is 30.8 Å². The number of nitrogens with one attached hydrogen (secondary N) is 1. The maximum Gasteiger partial charge on any atom is 0.312 e. The predicted octanol–water partition coefficient (Wildman–Crippen LogP) is 1.00. The van der Waals surface area contributed by atoms with E-state index in [9.17, 15) is 19.5 Å². The minimum absolute atomic E-state index is 0.223. The van der Waals surface area contributed by atoms with Crippen LogP contribution in [0.3, 0.4) is 0 Å². The molecule has 3 fully saturated rings. The number of nitrogens with zero attached hydrogens (tertiary/aromatic N) is 1. The molecule has 1 spiro atoms. The topological polar surface area (TPSA) is 105 Å². The maximum absolute atomic E-state index is 13.5. The number of hydrogen-bond acceptors (Lipinski definition) is 6. The highest BCUT2D eigenvalue weighted by atomic mass is 16.6. The molecular weight excluding hydrogens is 376 g/mol. The summed E-state index contributed by atoms with van der Waals surface area (Å²) in [5, 5.41) is 12.7. The monoisotopic (exact) mass is 410 g/mol. The lowest BCUT2D eigenvalue weighted by Gasteiger charge is -2.36. The van der Waals surface area contributed by atoms with Gasteiger partial charge >= 0.3 is 5.97 Å². The summed E-state index contributed by atoms with van der Waals surface area (Å²) >= 11 is 0. The fourth-order valence-electron chi connectivity index (χ4n) is 5.59. The number of aliphatic hydroxyl groups is 1. The van der Waals surface area contributed by atoms with Crippen LogP contribution in [0.1, 0.15) is 59.8 Å². The van der Waals surface area contributed by atoms with E-state index in [1.807, 2.05) is 13.8 Å². The van der Waals surface area contributed by atoms with Gasteiger partial charge in [-0.3, -0.25) is 14.4 Å². The number of esters is 1. The molecule has 3 saturated heterocycles. The van der Waals surface area contributed by atoms with Crippen molar-refractivity contribution in [3.8, 4) is 0 Å². The van der Waals surface area contributed by atoms with E-state index in [4.69, 9.17) is 9.47 Å². The zero-order valence-corrected chi connectivity index (χ0v) is 17.9. The molecule has 8 nitrogen and oxygen atoms in total. The van der Waals surface area contributed by atoms with E-state index < -0.39 is 41.1 Å². The van der Waals surface area contributed by atoms with Gasteiger partial charge in [0.15, 0.2) is 0 Å². The SMILES string of the molecule is CCCCNC(=O)C1N([C@H](C)CO)C(=O)[C@@H]2[C@@H](C(=O)OCC)[C@@]3(CC)CCC12O3. The molecule has 6 atom stereocenters. The maximum atomic E-state index is 13.5. The lowest BCUT2D eigenvalue weighted by atomic mass is 9.65. The molecule has 2 unspecified atom stereocenters. The first-order valence-electron chi connectivity index (χ1n) is 10.9. The Balaban J connectivity index is 2.03. The van der Waals surface area contributed by atoms with Gasteiger partial charge in [0, 0.05) is 6.54 Å². The summed E-state index contributed by atoms with van der Waals surface area (Å²) in [6.45, 7) is 7.90. The van der Waals surface area contributed by atoms with Gasteiger partial charge in [-0.25, -0.2) is 0 Å². The van der Waals surface area contributed by atoms with Gasteiger partial charge in [0.2, 0.25) is 11.8 Å². The Bertz CT molecular complexity index is 670. The Morgan fingerprint density at radius 3 is 2.66 bits per heavy atom. The average molecular weight is 411 g/mol. The van der Waals surface area contributed by atoms with Crippen LogP contribution < -0.4 is 5.32 Å². The third-order valence-electron chi connectivity index (χ3n) is 6.98. The number of likely N-dealkylation sites (tertiary alicyclic amines) is 1. The summed E-state index contributed by atoms with van der Waals surface area (Å²) in [5.41, 5.74) is -1.83. The molecule has 0 aromatic carbocycles. The molecule has 3 aliphatic rings. The Kier molecular flexibility index (Phi) is 6.24. The smallest absolute Gasteiger partial charge is 0.312 e. The van der Waals surface area contributed by atoms with Gasteiger partial charge in [-0.05, 0) is 39.5 Å². The van der Waals surface area contributed by atoms with Crippen LogP contribution in [0.15, 0.2) is 0 Å². The lowest BCUT2D eigenvalue weighted by Crippen LogP contribution is -2.57. The van der Waals surface area contributed by atoms with Gasteiger partial charge in [0.25, 0.3) is 0 Å². The Labute approximate surface area is 172 Å². The molecule has 3 aliphatic heterocycles. The van der Waals surface area contributed by atoms with Gasteiger partial charge in [-0.15, -0.1) is 0 Å². The number of carbonyl (C=O) groups is 3. The zero-order valence-electron chi connectivity index (χ0n) is 17.9. The zero-order chi connectivity index (χ0) is 21.4. The minimum Gasteiger partial charge on any atom is -0.466 e. The predicted molar refractivity (Wildman–Crippen MR) is 105 cm³/mol. The van der Waals surface area contributed by atoms with Crippen molar-refractivity contribution in [1.29, 1.82) is 0 Å². The number of aliphatic hydroxyl groups excluding tert-OH is 1. The van der Waals surface area contributed by atoms with Crippen molar-refractivity contribution in [3.63, 3.8) is 0 Å². The molecule has 2 amide bonds. The van der Waals surface area contributed by atoms with Crippen molar-refractivity contribution in [2.45, 2.75) is 83.1 Å². The highest BCUT2D eigenvalue weighted by Crippen LogP contribution is 2.64. The quantitative estimate of drug-likeness (QED) is 0.434. The van der Waals surface area contributed by atoms with Crippen LogP contribution in [0.2, 0.25) is 0 Å². The highest BCUT2D eigenvalue weighted by Gasteiger charge is 2.79. The molecule has 0 saturated carbocycles. The van der Waals surface area contributed by atoms with Crippen molar-refractivity contribution in [1.82, 2.24) is 10.2 Å². The van der Waals surface area contributed by atoms with Gasteiger partial charge in [0.1, 0.15) is 17.6 Å². The second-order valence-electron chi connectivity index (χ2n) is 8.51. The largest absolute Gasteiger partial charge is 0.466 e. The molecule has 3 rings (SSSR count). The van der Waals surface area contributed by atoms with Crippen LogP contribution in [-0.2, 0) is 23.9 Å². The summed E-state index contributed by atoms with van der Waals surface area (Å²) in [4.78, 5) is 41.1. The molecule has 2 N–H and O–H groups in total. The first-order valence-corrected chi connectivity index (χ1v) is 10.9. The Morgan fingerprint density at radius 1 is 1.34 bits per heavy atom. The fourth-order valence-corrected chi connectivity index (χ4v) is 5.59. The third kappa shape index (κ3) is 3.15. The van der Waals surface area contributed by atoms with Crippen molar-refractivity contribution in [3.05, 3.63) is 0 Å². The van der Waals surface area contributed by atoms with E-state index in [1.54, 1.807) is 13.8 Å². The molecule has 164 valence electrons. The molecule has 2 bridgehead atoms. The van der Waals surface area contributed by atoms with Crippen molar-refractivity contribution in [2.24, 2.45) is 11.8 Å². The Hall–Kier alpha value is -1.67. The standard InChI is InChI=1S/C21H34N2O6/c1-5-8-11-22-17(25)16-21-10-9-20(6-2,29-21)15(19(27)28-7-3)14(21)18(26)23(16)13(4)12-24/h13-16,24H,5-12H2,1-4H3,(H,22,25)/t13-,14+,15+,16?,20-,21?/m1/s1. The molecule has 8 heteroatoms. The summed E-state index contributed by atoms with van der Waals surface area (Å²) in [7, 11) is 0. The van der Waals surface area contributed by atoms with Crippen LogP contribution in [0.5, 0.6) is 0 Å². The molecule has 29 heavy (non-hydrogen) atoms. The van der Waals surface area contributed by atoms with Crippen LogP contribution in [0, 0.1) is 11.8 Å². The van der Waals surface area contributed by atoms with E-state index in [0.717, 1.165) is 12.8 Å². The van der Waals surface area contributed by atoms with E-state index >= 15 is 0 Å². The van der Waals surface area contributed by atoms with Crippen LogP contribution >= 0.6 is 0 Å². The first-order chi connectivity index (χ1) is 13.8. The first kappa shape index (κ1) is 22.0. The summed E-state index contributed by atoms with van der Waals surface area (Å²) in [6.07, 6.45) is 3.49. The molecule has 3 heterocycles. The van der Waals surface area contributed by atoms with E-state index in [0.29, 0.717) is 25.8 Å². The minimum atomic E-state index is -1.05. The normalized spacial score (nSPS) is 36.2. The Morgan fingerprint density at radius 2 is 2.07 bits per heavy atom. The molecule has 0 aromatic heterocycles. The van der Waals surface area contributed by atoms with Gasteiger partial charge in [-0.2, -0.15) is 0 Å².